The van der Waals surface area contributed by atoms with Crippen molar-refractivity contribution in [2.24, 2.45) is 5.92 Å². The largest absolute Gasteiger partial charge is 0.482 e. The molecule has 3 aliphatic heterocycles. The quantitative estimate of drug-likeness (QED) is 0.755. The monoisotopic (exact) mass is 455 g/mol. The van der Waals surface area contributed by atoms with Gasteiger partial charge in [-0.3, -0.25) is 9.59 Å². The minimum atomic E-state index is -3.84. The van der Waals surface area contributed by atoms with E-state index in [9.17, 15) is 18.0 Å². The number of ether oxygens (including phenoxy) is 1. The van der Waals surface area contributed by atoms with Crippen LogP contribution in [-0.4, -0.2) is 61.7 Å². The Morgan fingerprint density at radius 2 is 1.90 bits per heavy atom. The molecule has 164 valence electrons. The number of hydrogen-bond donors (Lipinski definition) is 1. The SMILES string of the molecule is C[C@H]1CCCCN1C(=O)C1CCN(S(=O)(=O)c2cc3c(cc2Cl)NC(=O)CO3)CC1. The first-order valence-electron chi connectivity index (χ1n) is 10.3. The van der Waals surface area contributed by atoms with E-state index in [1.807, 2.05) is 4.90 Å². The number of rotatable bonds is 3. The van der Waals surface area contributed by atoms with Crippen LogP contribution in [0, 0.1) is 5.92 Å². The fourth-order valence-electron chi connectivity index (χ4n) is 4.42. The van der Waals surface area contributed by atoms with Gasteiger partial charge in [-0.15, -0.1) is 0 Å². The van der Waals surface area contributed by atoms with E-state index in [1.165, 1.54) is 16.4 Å². The molecule has 0 saturated carbocycles. The lowest BCUT2D eigenvalue weighted by atomic mass is 9.94. The predicted molar refractivity (Wildman–Crippen MR) is 112 cm³/mol. The Labute approximate surface area is 181 Å². The highest BCUT2D eigenvalue weighted by atomic mass is 35.5. The number of benzene rings is 1. The lowest BCUT2D eigenvalue weighted by molar-refractivity contribution is -0.140. The Morgan fingerprint density at radius 3 is 2.60 bits per heavy atom. The molecule has 3 heterocycles. The molecule has 2 amide bonds. The molecule has 8 nitrogen and oxygen atoms in total. The van der Waals surface area contributed by atoms with Crippen molar-refractivity contribution in [2.75, 3.05) is 31.6 Å². The van der Waals surface area contributed by atoms with Crippen molar-refractivity contribution in [3.63, 3.8) is 0 Å². The number of anilines is 1. The lowest BCUT2D eigenvalue weighted by Gasteiger charge is -2.38. The molecule has 0 radical (unpaired) electrons. The number of nitrogens with zero attached hydrogens (tertiary/aromatic N) is 2. The summed E-state index contributed by atoms with van der Waals surface area (Å²) in [5.74, 6) is -0.0320. The van der Waals surface area contributed by atoms with Crippen molar-refractivity contribution >= 4 is 39.1 Å². The molecule has 0 aliphatic carbocycles. The third-order valence-corrected chi connectivity index (χ3v) is 8.54. The minimum absolute atomic E-state index is 0.0277. The van der Waals surface area contributed by atoms with Crippen LogP contribution >= 0.6 is 11.6 Å². The van der Waals surface area contributed by atoms with Crippen LogP contribution < -0.4 is 10.1 Å². The maximum atomic E-state index is 13.2. The molecule has 0 bridgehead atoms. The molecule has 0 aromatic heterocycles. The molecule has 1 N–H and O–H groups in total. The first kappa shape index (κ1) is 21.4. The van der Waals surface area contributed by atoms with Crippen molar-refractivity contribution in [3.8, 4) is 5.75 Å². The van der Waals surface area contributed by atoms with E-state index in [4.69, 9.17) is 16.3 Å². The Bertz CT molecular complexity index is 959. The van der Waals surface area contributed by atoms with E-state index in [0.29, 0.717) is 18.5 Å². The first-order valence-corrected chi connectivity index (χ1v) is 12.2. The summed E-state index contributed by atoms with van der Waals surface area (Å²) < 4.78 is 33.1. The van der Waals surface area contributed by atoms with Crippen LogP contribution in [0.4, 0.5) is 5.69 Å². The van der Waals surface area contributed by atoms with Gasteiger partial charge in [0.1, 0.15) is 10.6 Å². The summed E-state index contributed by atoms with van der Waals surface area (Å²) in [6, 6.07) is 3.01. The summed E-state index contributed by atoms with van der Waals surface area (Å²) in [6.45, 7) is 3.24. The number of carbonyl (C=O) groups excluding carboxylic acids is 2. The van der Waals surface area contributed by atoms with Crippen LogP contribution in [0.5, 0.6) is 5.75 Å². The molecule has 0 unspecified atom stereocenters. The minimum Gasteiger partial charge on any atom is -0.482 e. The average Bonchev–Trinajstić information content (AvgIpc) is 2.73. The predicted octanol–water partition coefficient (Wildman–Crippen LogP) is 2.47. The second kappa shape index (κ2) is 8.36. The molecule has 30 heavy (non-hydrogen) atoms. The van der Waals surface area contributed by atoms with Gasteiger partial charge in [0.05, 0.1) is 10.7 Å². The summed E-state index contributed by atoms with van der Waals surface area (Å²) >= 11 is 6.24. The van der Waals surface area contributed by atoms with Crippen LogP contribution in [0.25, 0.3) is 0 Å². The number of likely N-dealkylation sites (tertiary alicyclic amines) is 1. The average molecular weight is 456 g/mol. The van der Waals surface area contributed by atoms with Gasteiger partial charge in [0, 0.05) is 37.7 Å². The standard InChI is InChI=1S/C20H26ClN3O5S/c1-13-4-2-3-7-24(13)20(26)14-5-8-23(9-6-14)30(27,28)18-11-17-16(10-15(18)21)22-19(25)12-29-17/h10-11,13-14H,2-9,12H2,1H3,(H,22,25)/t13-/m0/s1. The van der Waals surface area contributed by atoms with Gasteiger partial charge < -0.3 is 15.0 Å². The van der Waals surface area contributed by atoms with Crippen molar-refractivity contribution < 1.29 is 22.7 Å². The highest BCUT2D eigenvalue weighted by molar-refractivity contribution is 7.89. The lowest BCUT2D eigenvalue weighted by Crippen LogP contribution is -2.48. The molecular formula is C20H26ClN3O5S. The molecular weight excluding hydrogens is 430 g/mol. The van der Waals surface area contributed by atoms with E-state index in [2.05, 4.69) is 12.2 Å². The first-order chi connectivity index (χ1) is 14.3. The molecule has 2 saturated heterocycles. The van der Waals surface area contributed by atoms with Gasteiger partial charge in [0.25, 0.3) is 5.91 Å². The van der Waals surface area contributed by atoms with Crippen molar-refractivity contribution in [2.45, 2.75) is 50.0 Å². The van der Waals surface area contributed by atoms with Crippen molar-refractivity contribution in [3.05, 3.63) is 17.2 Å². The topological polar surface area (TPSA) is 96.0 Å². The molecule has 3 aliphatic rings. The van der Waals surface area contributed by atoms with Crippen LogP contribution in [0.15, 0.2) is 17.0 Å². The Kier molecular flexibility index (Phi) is 5.96. The van der Waals surface area contributed by atoms with Crippen molar-refractivity contribution in [1.29, 1.82) is 0 Å². The molecule has 1 aromatic carbocycles. The summed E-state index contributed by atoms with van der Waals surface area (Å²) in [7, 11) is -3.84. The molecule has 10 heteroatoms. The van der Waals surface area contributed by atoms with E-state index in [-0.39, 0.29) is 59.1 Å². The molecule has 2 fully saturated rings. The normalized spacial score (nSPS) is 23.5. The summed E-state index contributed by atoms with van der Waals surface area (Å²) in [5.41, 5.74) is 0.357. The zero-order valence-corrected chi connectivity index (χ0v) is 18.5. The number of sulfonamides is 1. The molecule has 4 rings (SSSR count). The highest BCUT2D eigenvalue weighted by Gasteiger charge is 2.36. The Balaban J connectivity index is 1.47. The van der Waals surface area contributed by atoms with Crippen LogP contribution in [0.2, 0.25) is 5.02 Å². The van der Waals surface area contributed by atoms with E-state index >= 15 is 0 Å². The van der Waals surface area contributed by atoms with Crippen molar-refractivity contribution in [1.82, 2.24) is 9.21 Å². The second-order valence-electron chi connectivity index (χ2n) is 8.17. The van der Waals surface area contributed by atoms with Gasteiger partial charge in [-0.25, -0.2) is 8.42 Å². The van der Waals surface area contributed by atoms with Gasteiger partial charge >= 0.3 is 0 Å². The zero-order chi connectivity index (χ0) is 21.5. The van der Waals surface area contributed by atoms with Crippen LogP contribution in [0.1, 0.15) is 39.0 Å². The van der Waals surface area contributed by atoms with E-state index in [0.717, 1.165) is 25.8 Å². The van der Waals surface area contributed by atoms with Gasteiger partial charge in [0.2, 0.25) is 15.9 Å². The summed E-state index contributed by atoms with van der Waals surface area (Å²) in [6.07, 6.45) is 4.20. The fourth-order valence-corrected chi connectivity index (χ4v) is 6.41. The van der Waals surface area contributed by atoms with E-state index in [1.54, 1.807) is 0 Å². The molecule has 1 atom stereocenters. The molecule has 0 spiro atoms. The van der Waals surface area contributed by atoms with Crippen LogP contribution in [-0.2, 0) is 19.6 Å². The van der Waals surface area contributed by atoms with Gasteiger partial charge in [0.15, 0.2) is 6.61 Å². The Morgan fingerprint density at radius 1 is 1.17 bits per heavy atom. The number of hydrogen-bond acceptors (Lipinski definition) is 5. The number of fused-ring (bicyclic) bond motifs is 1. The number of halogens is 1. The van der Waals surface area contributed by atoms with Gasteiger partial charge in [-0.05, 0) is 45.1 Å². The number of nitrogens with one attached hydrogen (secondary N) is 1. The van der Waals surface area contributed by atoms with Gasteiger partial charge in [-0.2, -0.15) is 4.31 Å². The number of amides is 2. The third-order valence-electron chi connectivity index (χ3n) is 6.17. The summed E-state index contributed by atoms with van der Waals surface area (Å²) in [5, 5.41) is 2.64. The zero-order valence-electron chi connectivity index (χ0n) is 16.9. The smallest absolute Gasteiger partial charge is 0.262 e. The number of carbonyl (C=O) groups is 2. The maximum Gasteiger partial charge on any atom is 0.262 e. The number of piperidine rings is 2. The summed E-state index contributed by atoms with van der Waals surface area (Å²) in [4.78, 5) is 26.3. The maximum absolute atomic E-state index is 13.2. The Hall–Kier alpha value is -1.84. The fraction of sp³-hybridized carbons (Fsp3) is 0.600. The van der Waals surface area contributed by atoms with Gasteiger partial charge in [-0.1, -0.05) is 11.6 Å². The molecule has 1 aromatic rings. The highest BCUT2D eigenvalue weighted by Crippen LogP contribution is 2.37. The second-order valence-corrected chi connectivity index (χ2v) is 10.5. The van der Waals surface area contributed by atoms with E-state index < -0.39 is 10.0 Å². The van der Waals surface area contributed by atoms with Crippen LogP contribution in [0.3, 0.4) is 0 Å². The third kappa shape index (κ3) is 4.02.